The van der Waals surface area contributed by atoms with Gasteiger partial charge >= 0.3 is 0 Å². The van der Waals surface area contributed by atoms with Gasteiger partial charge in [-0.05, 0) is 28.9 Å². The molecule has 0 radical (unpaired) electrons. The highest BCUT2D eigenvalue weighted by atomic mass is 79.9. The van der Waals surface area contributed by atoms with Crippen molar-refractivity contribution in [3.8, 4) is 0 Å². The Hall–Kier alpha value is -1.14. The van der Waals surface area contributed by atoms with Crippen molar-refractivity contribution in [3.05, 3.63) is 38.5 Å². The number of rotatable bonds is 3. The average Bonchev–Trinajstić information content (AvgIpc) is 2.87. The predicted octanol–water partition coefficient (Wildman–Crippen LogP) is 2.81. The van der Waals surface area contributed by atoms with E-state index in [1.165, 1.54) is 0 Å². The molecule has 0 unspecified atom stereocenters. The molecular formula is C11H12BrN3OS. The highest BCUT2D eigenvalue weighted by Crippen LogP contribution is 2.16. The second kappa shape index (κ2) is 5.01. The maximum Gasteiger partial charge on any atom is 0.270 e. The summed E-state index contributed by atoms with van der Waals surface area (Å²) in [6, 6.07) is 1.77. The van der Waals surface area contributed by atoms with E-state index in [0.29, 0.717) is 12.2 Å². The summed E-state index contributed by atoms with van der Waals surface area (Å²) in [5.41, 5.74) is 0.584. The van der Waals surface area contributed by atoms with E-state index in [2.05, 4.69) is 25.9 Å². The minimum atomic E-state index is -0.0262. The summed E-state index contributed by atoms with van der Waals surface area (Å²) in [7, 11) is 1.78. The van der Waals surface area contributed by atoms with E-state index >= 15 is 0 Å². The van der Waals surface area contributed by atoms with Crippen LogP contribution in [0, 0.1) is 6.92 Å². The van der Waals surface area contributed by atoms with E-state index in [0.717, 1.165) is 14.4 Å². The highest BCUT2D eigenvalue weighted by Gasteiger charge is 2.14. The molecule has 0 spiro atoms. The molecule has 0 aliphatic heterocycles. The van der Waals surface area contributed by atoms with Crippen molar-refractivity contribution in [2.75, 3.05) is 7.05 Å². The fraction of sp³-hybridized carbons (Fsp3) is 0.273. The van der Waals surface area contributed by atoms with Crippen LogP contribution in [0.2, 0.25) is 0 Å². The Labute approximate surface area is 112 Å². The lowest BCUT2D eigenvalue weighted by atomic mass is 10.3. The van der Waals surface area contributed by atoms with Crippen LogP contribution in [0.1, 0.15) is 20.4 Å². The zero-order valence-corrected chi connectivity index (χ0v) is 11.9. The molecule has 0 saturated carbocycles. The lowest BCUT2D eigenvalue weighted by Crippen LogP contribution is -2.26. The van der Waals surface area contributed by atoms with Gasteiger partial charge in [-0.3, -0.25) is 4.79 Å². The molecule has 0 saturated heterocycles. The second-order valence-electron chi connectivity index (χ2n) is 3.74. The molecule has 2 rings (SSSR count). The fourth-order valence-corrected chi connectivity index (χ4v) is 2.67. The van der Waals surface area contributed by atoms with Crippen LogP contribution >= 0.6 is 27.3 Å². The van der Waals surface area contributed by atoms with Crippen molar-refractivity contribution in [2.24, 2.45) is 0 Å². The van der Waals surface area contributed by atoms with Gasteiger partial charge < -0.3 is 9.88 Å². The van der Waals surface area contributed by atoms with Crippen molar-refractivity contribution in [1.82, 2.24) is 14.9 Å². The number of hydrogen-bond donors (Lipinski definition) is 1. The van der Waals surface area contributed by atoms with Gasteiger partial charge in [0.1, 0.15) is 5.69 Å². The standard InChI is InChI=1S/C11H12BrN3OS/c1-7-13-5-9(17-7)6-15(2)11(16)10-3-8(12)4-14-10/h3-5,14H,6H2,1-2H3. The van der Waals surface area contributed by atoms with Crippen LogP contribution in [0.3, 0.4) is 0 Å². The first kappa shape index (κ1) is 12.3. The molecule has 0 aromatic carbocycles. The molecule has 17 heavy (non-hydrogen) atoms. The number of H-pyrrole nitrogens is 1. The Morgan fingerprint density at radius 2 is 2.41 bits per heavy atom. The lowest BCUT2D eigenvalue weighted by molar-refractivity contribution is 0.0781. The first-order chi connectivity index (χ1) is 8.06. The summed E-state index contributed by atoms with van der Waals surface area (Å²) in [6.45, 7) is 2.54. The molecule has 4 nitrogen and oxygen atoms in total. The number of amides is 1. The van der Waals surface area contributed by atoms with Gasteiger partial charge in [0, 0.05) is 28.8 Å². The average molecular weight is 314 g/mol. The molecule has 0 aliphatic rings. The number of aromatic nitrogens is 2. The Bertz CT molecular complexity index is 534. The monoisotopic (exact) mass is 313 g/mol. The number of thiazole rings is 1. The van der Waals surface area contributed by atoms with Gasteiger partial charge in [0.2, 0.25) is 0 Å². The zero-order chi connectivity index (χ0) is 12.4. The number of aromatic amines is 1. The third-order valence-electron chi connectivity index (χ3n) is 2.29. The molecule has 0 bridgehead atoms. The quantitative estimate of drug-likeness (QED) is 0.947. The maximum atomic E-state index is 12.0. The molecule has 0 atom stereocenters. The van der Waals surface area contributed by atoms with Gasteiger partial charge in [-0.1, -0.05) is 0 Å². The molecule has 2 aromatic heterocycles. The number of nitrogens with one attached hydrogen (secondary N) is 1. The SMILES string of the molecule is Cc1ncc(CN(C)C(=O)c2cc(Br)c[nH]2)s1. The predicted molar refractivity (Wildman–Crippen MR) is 71.1 cm³/mol. The number of aryl methyl sites for hydroxylation is 1. The van der Waals surface area contributed by atoms with E-state index in [-0.39, 0.29) is 5.91 Å². The minimum Gasteiger partial charge on any atom is -0.356 e. The van der Waals surface area contributed by atoms with Crippen molar-refractivity contribution in [1.29, 1.82) is 0 Å². The molecule has 2 heterocycles. The van der Waals surface area contributed by atoms with Crippen LogP contribution in [0.5, 0.6) is 0 Å². The van der Waals surface area contributed by atoms with Gasteiger partial charge in [0.15, 0.2) is 0 Å². The number of nitrogens with zero attached hydrogens (tertiary/aromatic N) is 2. The van der Waals surface area contributed by atoms with E-state index in [9.17, 15) is 4.79 Å². The fourth-order valence-electron chi connectivity index (χ4n) is 1.48. The van der Waals surface area contributed by atoms with Crippen LogP contribution in [-0.4, -0.2) is 27.8 Å². The largest absolute Gasteiger partial charge is 0.356 e. The Morgan fingerprint density at radius 3 is 2.94 bits per heavy atom. The maximum absolute atomic E-state index is 12.0. The summed E-state index contributed by atoms with van der Waals surface area (Å²) >= 11 is 4.92. The topological polar surface area (TPSA) is 49.0 Å². The van der Waals surface area contributed by atoms with Crippen molar-refractivity contribution in [2.45, 2.75) is 13.5 Å². The normalized spacial score (nSPS) is 10.5. The molecule has 0 aliphatic carbocycles. The number of halogens is 1. The molecule has 0 fully saturated rings. The van der Waals surface area contributed by atoms with Gasteiger partial charge in [0.25, 0.3) is 5.91 Å². The van der Waals surface area contributed by atoms with Crippen molar-refractivity contribution >= 4 is 33.2 Å². The van der Waals surface area contributed by atoms with Gasteiger partial charge in [-0.2, -0.15) is 0 Å². The van der Waals surface area contributed by atoms with Gasteiger partial charge in [-0.25, -0.2) is 4.98 Å². The first-order valence-electron chi connectivity index (χ1n) is 5.07. The Balaban J connectivity index is 2.05. The summed E-state index contributed by atoms with van der Waals surface area (Å²) in [5.74, 6) is -0.0262. The second-order valence-corrected chi connectivity index (χ2v) is 5.97. The third kappa shape index (κ3) is 2.95. The number of carbonyl (C=O) groups is 1. The molecule has 2 aromatic rings. The van der Waals surface area contributed by atoms with Crippen molar-refractivity contribution in [3.63, 3.8) is 0 Å². The minimum absolute atomic E-state index is 0.0262. The summed E-state index contributed by atoms with van der Waals surface area (Å²) < 4.78 is 0.878. The number of hydrogen-bond acceptors (Lipinski definition) is 3. The van der Waals surface area contributed by atoms with Crippen molar-refractivity contribution < 1.29 is 4.79 Å². The van der Waals surface area contributed by atoms with E-state index in [4.69, 9.17) is 0 Å². The molecule has 1 amide bonds. The molecular weight excluding hydrogens is 302 g/mol. The molecule has 6 heteroatoms. The lowest BCUT2D eigenvalue weighted by Gasteiger charge is -2.14. The Morgan fingerprint density at radius 1 is 1.65 bits per heavy atom. The zero-order valence-electron chi connectivity index (χ0n) is 9.53. The molecule has 90 valence electrons. The van der Waals surface area contributed by atoms with Gasteiger partial charge in [-0.15, -0.1) is 11.3 Å². The van der Waals surface area contributed by atoms with E-state index < -0.39 is 0 Å². The third-order valence-corrected chi connectivity index (χ3v) is 3.64. The van der Waals surface area contributed by atoms with Crippen LogP contribution in [0.4, 0.5) is 0 Å². The summed E-state index contributed by atoms with van der Waals surface area (Å²) in [4.78, 5) is 21.9. The van der Waals surface area contributed by atoms with Crippen LogP contribution < -0.4 is 0 Å². The van der Waals surface area contributed by atoms with Crippen LogP contribution in [0.25, 0.3) is 0 Å². The van der Waals surface area contributed by atoms with Crippen LogP contribution in [-0.2, 0) is 6.54 Å². The smallest absolute Gasteiger partial charge is 0.270 e. The van der Waals surface area contributed by atoms with E-state index in [1.807, 2.05) is 13.1 Å². The summed E-state index contributed by atoms with van der Waals surface area (Å²) in [5, 5.41) is 1.02. The van der Waals surface area contributed by atoms with Gasteiger partial charge in [0.05, 0.1) is 11.6 Å². The van der Waals surface area contributed by atoms with Crippen LogP contribution in [0.15, 0.2) is 22.9 Å². The molecule has 1 N–H and O–H groups in total. The Kier molecular flexibility index (Phi) is 3.63. The first-order valence-corrected chi connectivity index (χ1v) is 6.68. The highest BCUT2D eigenvalue weighted by molar-refractivity contribution is 9.10. The summed E-state index contributed by atoms with van der Waals surface area (Å²) in [6.07, 6.45) is 3.56. The number of carbonyl (C=O) groups excluding carboxylic acids is 1. The van der Waals surface area contributed by atoms with E-state index in [1.54, 1.807) is 35.5 Å².